The van der Waals surface area contributed by atoms with Crippen molar-refractivity contribution in [3.8, 4) is 0 Å². The largest absolute Gasteiger partial charge is 0.373 e. The maximum atomic E-state index is 5.86. The number of ether oxygens (including phenoxy) is 1. The second-order valence-electron chi connectivity index (χ2n) is 4.98. The number of anilines is 1. The number of nitrogens with zero attached hydrogens (tertiary/aromatic N) is 1. The summed E-state index contributed by atoms with van der Waals surface area (Å²) in [4.78, 5) is 2.41. The molecular formula is C15H24N2O. The van der Waals surface area contributed by atoms with Crippen LogP contribution in [0, 0.1) is 6.92 Å². The number of nitrogens with one attached hydrogen (secondary N) is 1. The molecule has 2 atom stereocenters. The Morgan fingerprint density at radius 1 is 1.39 bits per heavy atom. The molecule has 0 amide bonds. The lowest BCUT2D eigenvalue weighted by molar-refractivity contribution is 0.0146. The number of likely N-dealkylation sites (N-methyl/N-ethyl adjacent to an activating group) is 1. The summed E-state index contributed by atoms with van der Waals surface area (Å²) in [5, 5.41) is 3.40. The molecule has 0 aliphatic carbocycles. The van der Waals surface area contributed by atoms with Crippen LogP contribution in [0.2, 0.25) is 0 Å². The van der Waals surface area contributed by atoms with E-state index < -0.39 is 0 Å². The molecule has 2 unspecified atom stereocenters. The standard InChI is InChI=1S/C15H24N2O/c1-4-17(14-7-5-12(2)6-8-14)13(3)15-11-16-9-10-18-15/h5-8,13,15-16H,4,9-11H2,1-3H3. The van der Waals surface area contributed by atoms with Crippen molar-refractivity contribution in [1.82, 2.24) is 5.32 Å². The maximum absolute atomic E-state index is 5.86. The molecule has 3 nitrogen and oxygen atoms in total. The zero-order valence-corrected chi connectivity index (χ0v) is 11.6. The van der Waals surface area contributed by atoms with E-state index in [1.54, 1.807) is 0 Å². The van der Waals surface area contributed by atoms with Gasteiger partial charge < -0.3 is 15.0 Å². The Morgan fingerprint density at radius 2 is 2.11 bits per heavy atom. The third kappa shape index (κ3) is 3.03. The minimum absolute atomic E-state index is 0.278. The highest BCUT2D eigenvalue weighted by molar-refractivity contribution is 5.48. The molecule has 0 saturated carbocycles. The Morgan fingerprint density at radius 3 is 2.67 bits per heavy atom. The Balaban J connectivity index is 2.09. The fourth-order valence-corrected chi connectivity index (χ4v) is 2.54. The van der Waals surface area contributed by atoms with E-state index >= 15 is 0 Å². The van der Waals surface area contributed by atoms with Crippen molar-refractivity contribution in [3.63, 3.8) is 0 Å². The van der Waals surface area contributed by atoms with E-state index in [2.05, 4.69) is 55.3 Å². The molecular weight excluding hydrogens is 224 g/mol. The van der Waals surface area contributed by atoms with Crippen molar-refractivity contribution in [2.75, 3.05) is 31.1 Å². The maximum Gasteiger partial charge on any atom is 0.0900 e. The van der Waals surface area contributed by atoms with E-state index in [-0.39, 0.29) is 6.10 Å². The van der Waals surface area contributed by atoms with Crippen LogP contribution < -0.4 is 10.2 Å². The van der Waals surface area contributed by atoms with E-state index in [1.165, 1.54) is 11.3 Å². The molecule has 1 saturated heterocycles. The third-order valence-corrected chi connectivity index (χ3v) is 3.69. The minimum Gasteiger partial charge on any atom is -0.373 e. The topological polar surface area (TPSA) is 24.5 Å². The smallest absolute Gasteiger partial charge is 0.0900 e. The molecule has 1 aromatic carbocycles. The van der Waals surface area contributed by atoms with Gasteiger partial charge in [-0.3, -0.25) is 0 Å². The second kappa shape index (κ2) is 6.21. The van der Waals surface area contributed by atoms with Crippen molar-refractivity contribution in [3.05, 3.63) is 29.8 Å². The highest BCUT2D eigenvalue weighted by atomic mass is 16.5. The fraction of sp³-hybridized carbons (Fsp3) is 0.600. The molecule has 1 fully saturated rings. The van der Waals surface area contributed by atoms with Crippen LogP contribution in [0.1, 0.15) is 19.4 Å². The van der Waals surface area contributed by atoms with Crippen LogP contribution in [0.15, 0.2) is 24.3 Å². The van der Waals surface area contributed by atoms with E-state index in [1.807, 2.05) is 0 Å². The Labute approximate surface area is 110 Å². The Hall–Kier alpha value is -1.06. The van der Waals surface area contributed by atoms with E-state index in [4.69, 9.17) is 4.74 Å². The SMILES string of the molecule is CCN(c1ccc(C)cc1)C(C)C1CNCCO1. The molecule has 0 bridgehead atoms. The number of rotatable bonds is 4. The summed E-state index contributed by atoms with van der Waals surface area (Å²) in [6, 6.07) is 9.14. The first kappa shape index (κ1) is 13.4. The molecule has 1 aliphatic heterocycles. The van der Waals surface area contributed by atoms with Gasteiger partial charge in [-0.05, 0) is 32.9 Å². The van der Waals surface area contributed by atoms with Crippen molar-refractivity contribution < 1.29 is 4.74 Å². The van der Waals surface area contributed by atoms with Gasteiger partial charge in [0.15, 0.2) is 0 Å². The highest BCUT2D eigenvalue weighted by Crippen LogP contribution is 2.20. The van der Waals surface area contributed by atoms with Crippen LogP contribution >= 0.6 is 0 Å². The highest BCUT2D eigenvalue weighted by Gasteiger charge is 2.25. The average molecular weight is 248 g/mol. The van der Waals surface area contributed by atoms with Gasteiger partial charge in [-0.15, -0.1) is 0 Å². The van der Waals surface area contributed by atoms with E-state index in [0.29, 0.717) is 6.04 Å². The summed E-state index contributed by atoms with van der Waals surface area (Å²) in [6.07, 6.45) is 0.278. The van der Waals surface area contributed by atoms with Gasteiger partial charge in [0.05, 0.1) is 18.8 Å². The van der Waals surface area contributed by atoms with Crippen LogP contribution in [0.4, 0.5) is 5.69 Å². The van der Waals surface area contributed by atoms with Crippen LogP contribution in [-0.2, 0) is 4.74 Å². The molecule has 1 aromatic rings. The van der Waals surface area contributed by atoms with Gasteiger partial charge in [0.1, 0.15) is 0 Å². The summed E-state index contributed by atoms with van der Waals surface area (Å²) in [5.74, 6) is 0. The lowest BCUT2D eigenvalue weighted by Crippen LogP contribution is -2.51. The first-order chi connectivity index (χ1) is 8.72. The van der Waals surface area contributed by atoms with Gasteiger partial charge in [-0.2, -0.15) is 0 Å². The number of hydrogen-bond donors (Lipinski definition) is 1. The van der Waals surface area contributed by atoms with Crippen molar-refractivity contribution in [2.45, 2.75) is 32.9 Å². The average Bonchev–Trinajstić information content (AvgIpc) is 2.42. The van der Waals surface area contributed by atoms with Gasteiger partial charge in [-0.1, -0.05) is 17.7 Å². The molecule has 100 valence electrons. The van der Waals surface area contributed by atoms with Gasteiger partial charge in [-0.25, -0.2) is 0 Å². The number of morpholine rings is 1. The number of hydrogen-bond acceptors (Lipinski definition) is 3. The predicted molar refractivity (Wildman–Crippen MR) is 76.3 cm³/mol. The molecule has 1 N–H and O–H groups in total. The second-order valence-corrected chi connectivity index (χ2v) is 4.98. The molecule has 2 rings (SSSR count). The third-order valence-electron chi connectivity index (χ3n) is 3.69. The molecule has 0 aromatic heterocycles. The van der Waals surface area contributed by atoms with Crippen LogP contribution in [0.25, 0.3) is 0 Å². The summed E-state index contributed by atoms with van der Waals surface area (Å²) in [5.41, 5.74) is 2.59. The monoisotopic (exact) mass is 248 g/mol. The zero-order valence-electron chi connectivity index (χ0n) is 11.6. The Kier molecular flexibility index (Phi) is 4.61. The van der Waals surface area contributed by atoms with Crippen molar-refractivity contribution >= 4 is 5.69 Å². The zero-order chi connectivity index (χ0) is 13.0. The normalized spacial score (nSPS) is 21.6. The summed E-state index contributed by atoms with van der Waals surface area (Å²) < 4.78 is 5.86. The number of benzene rings is 1. The van der Waals surface area contributed by atoms with Crippen molar-refractivity contribution in [1.29, 1.82) is 0 Å². The summed E-state index contributed by atoms with van der Waals surface area (Å²) in [6.45, 7) is 10.3. The number of aryl methyl sites for hydroxylation is 1. The molecule has 1 heterocycles. The van der Waals surface area contributed by atoms with Crippen LogP contribution in [0.3, 0.4) is 0 Å². The van der Waals surface area contributed by atoms with Gasteiger partial charge in [0.25, 0.3) is 0 Å². The van der Waals surface area contributed by atoms with Crippen LogP contribution in [-0.4, -0.2) is 38.4 Å². The molecule has 0 radical (unpaired) electrons. The lowest BCUT2D eigenvalue weighted by atomic mass is 10.1. The van der Waals surface area contributed by atoms with Gasteiger partial charge in [0, 0.05) is 25.3 Å². The quantitative estimate of drug-likeness (QED) is 0.884. The first-order valence-corrected chi connectivity index (χ1v) is 6.88. The molecule has 18 heavy (non-hydrogen) atoms. The van der Waals surface area contributed by atoms with Crippen LogP contribution in [0.5, 0.6) is 0 Å². The predicted octanol–water partition coefficient (Wildman–Crippen LogP) is 2.20. The molecule has 1 aliphatic rings. The summed E-state index contributed by atoms with van der Waals surface area (Å²) >= 11 is 0. The summed E-state index contributed by atoms with van der Waals surface area (Å²) in [7, 11) is 0. The fourth-order valence-electron chi connectivity index (χ4n) is 2.54. The molecule has 0 spiro atoms. The Bertz CT molecular complexity index is 357. The van der Waals surface area contributed by atoms with Crippen molar-refractivity contribution in [2.24, 2.45) is 0 Å². The minimum atomic E-state index is 0.278. The van der Waals surface area contributed by atoms with Gasteiger partial charge in [0.2, 0.25) is 0 Å². The van der Waals surface area contributed by atoms with Gasteiger partial charge >= 0.3 is 0 Å². The van der Waals surface area contributed by atoms with E-state index in [9.17, 15) is 0 Å². The molecule has 3 heteroatoms. The van der Waals surface area contributed by atoms with E-state index in [0.717, 1.165) is 26.2 Å². The first-order valence-electron chi connectivity index (χ1n) is 6.88. The lowest BCUT2D eigenvalue weighted by Gasteiger charge is -2.37.